The number of nitrogens with zero attached hydrogens (tertiary/aromatic N) is 2. The van der Waals surface area contributed by atoms with E-state index in [0.717, 1.165) is 16.8 Å². The number of carbonyl (C=O) groups excluding carboxylic acids is 3. The quantitative estimate of drug-likeness (QED) is 0.645. The van der Waals surface area contributed by atoms with E-state index in [0.29, 0.717) is 17.9 Å². The summed E-state index contributed by atoms with van der Waals surface area (Å²) in [5, 5.41) is 14.9. The van der Waals surface area contributed by atoms with Crippen molar-refractivity contribution in [1.29, 1.82) is 5.26 Å². The largest absolute Gasteiger partial charge is 0.454 e. The lowest BCUT2D eigenvalue weighted by molar-refractivity contribution is -0.150. The Morgan fingerprint density at radius 3 is 2.34 bits per heavy atom. The fourth-order valence-electron chi connectivity index (χ4n) is 3.00. The fourth-order valence-corrected chi connectivity index (χ4v) is 3.00. The van der Waals surface area contributed by atoms with Crippen molar-refractivity contribution in [2.45, 2.75) is 54.1 Å². The summed E-state index contributed by atoms with van der Waals surface area (Å²) < 4.78 is 6.92. The fraction of sp³-hybridized carbons (Fsp3) is 0.417. The second kappa shape index (κ2) is 10.1. The highest BCUT2D eigenvalue weighted by Gasteiger charge is 2.26. The summed E-state index contributed by atoms with van der Waals surface area (Å²) in [6, 6.07) is 10.9. The Morgan fingerprint density at radius 2 is 1.78 bits per heavy atom. The topological polar surface area (TPSA) is 113 Å². The minimum absolute atomic E-state index is 0.297. The predicted octanol–water partition coefficient (Wildman–Crippen LogP) is 3.06. The van der Waals surface area contributed by atoms with Gasteiger partial charge >= 0.3 is 5.97 Å². The van der Waals surface area contributed by atoms with Crippen molar-refractivity contribution in [2.24, 2.45) is 5.41 Å². The highest BCUT2D eigenvalue weighted by atomic mass is 16.5. The van der Waals surface area contributed by atoms with Crippen LogP contribution in [0.1, 0.15) is 50.1 Å². The van der Waals surface area contributed by atoms with Crippen LogP contribution in [0, 0.1) is 30.6 Å². The van der Waals surface area contributed by atoms with Crippen molar-refractivity contribution in [1.82, 2.24) is 9.88 Å². The number of nitrogens with one attached hydrogen (secondary N) is 2. The van der Waals surface area contributed by atoms with Gasteiger partial charge in [0.15, 0.2) is 6.61 Å². The van der Waals surface area contributed by atoms with Gasteiger partial charge in [-0.15, -0.1) is 0 Å². The van der Waals surface area contributed by atoms with Crippen molar-refractivity contribution in [3.05, 3.63) is 52.7 Å². The van der Waals surface area contributed by atoms with Crippen molar-refractivity contribution in [2.75, 3.05) is 11.9 Å². The molecule has 0 fully saturated rings. The van der Waals surface area contributed by atoms with Crippen LogP contribution in [0.5, 0.6) is 0 Å². The van der Waals surface area contributed by atoms with Crippen LogP contribution < -0.4 is 10.6 Å². The van der Waals surface area contributed by atoms with E-state index in [1.165, 1.54) is 6.92 Å². The Bertz CT molecular complexity index is 1040. The first kappa shape index (κ1) is 24.7. The second-order valence-corrected chi connectivity index (χ2v) is 8.72. The molecule has 0 saturated carbocycles. The molecular formula is C24H30N4O4. The van der Waals surface area contributed by atoms with Gasteiger partial charge in [0.1, 0.15) is 17.9 Å². The van der Waals surface area contributed by atoms with Gasteiger partial charge in [-0.2, -0.15) is 5.26 Å². The van der Waals surface area contributed by atoms with Gasteiger partial charge in [-0.25, -0.2) is 4.79 Å². The molecule has 0 aliphatic heterocycles. The van der Waals surface area contributed by atoms with Crippen LogP contribution in [-0.2, 0) is 25.7 Å². The van der Waals surface area contributed by atoms with Gasteiger partial charge < -0.3 is 19.9 Å². The van der Waals surface area contributed by atoms with Crippen LogP contribution in [0.3, 0.4) is 0 Å². The first-order valence-corrected chi connectivity index (χ1v) is 10.4. The molecule has 0 aliphatic carbocycles. The van der Waals surface area contributed by atoms with Gasteiger partial charge in [0.05, 0.1) is 5.56 Å². The molecule has 2 aromatic rings. The third-order valence-electron chi connectivity index (χ3n) is 5.11. The molecule has 2 N–H and O–H groups in total. The third kappa shape index (κ3) is 5.97. The van der Waals surface area contributed by atoms with Gasteiger partial charge in [-0.1, -0.05) is 51.1 Å². The van der Waals surface area contributed by atoms with Gasteiger partial charge in [0.25, 0.3) is 5.91 Å². The monoisotopic (exact) mass is 438 g/mol. The third-order valence-corrected chi connectivity index (χ3v) is 5.11. The number of nitriles is 1. The molecule has 1 unspecified atom stereocenters. The van der Waals surface area contributed by atoms with Crippen LogP contribution in [0.4, 0.5) is 5.82 Å². The van der Waals surface area contributed by atoms with Crippen molar-refractivity contribution in [3.63, 3.8) is 0 Å². The lowest BCUT2D eigenvalue weighted by Gasteiger charge is -2.21. The molecular weight excluding hydrogens is 408 g/mol. The van der Waals surface area contributed by atoms with E-state index >= 15 is 0 Å². The summed E-state index contributed by atoms with van der Waals surface area (Å²) in [6.07, 6.45) is 0. The molecule has 0 radical (unpaired) electrons. The average Bonchev–Trinajstić information content (AvgIpc) is 2.95. The SMILES string of the molecule is Cc1c(C#N)c(NC(=O)COC(=O)C(C)NC(=O)C(C)(C)C)n(Cc2ccccc2)c1C. The van der Waals surface area contributed by atoms with Gasteiger partial charge in [-0.05, 0) is 31.9 Å². The van der Waals surface area contributed by atoms with Crippen molar-refractivity contribution < 1.29 is 19.1 Å². The summed E-state index contributed by atoms with van der Waals surface area (Å²) in [7, 11) is 0. The van der Waals surface area contributed by atoms with Crippen LogP contribution in [0.2, 0.25) is 0 Å². The zero-order valence-corrected chi connectivity index (χ0v) is 19.4. The van der Waals surface area contributed by atoms with Crippen LogP contribution in [-0.4, -0.2) is 35.0 Å². The lowest BCUT2D eigenvalue weighted by atomic mass is 9.95. The molecule has 8 nitrogen and oxygen atoms in total. The normalized spacial score (nSPS) is 11.9. The van der Waals surface area contributed by atoms with Crippen molar-refractivity contribution >= 4 is 23.6 Å². The van der Waals surface area contributed by atoms with E-state index in [1.54, 1.807) is 20.8 Å². The standard InChI is InChI=1S/C24H30N4O4/c1-15-17(3)28(13-18-10-8-7-9-11-18)21(19(15)12-25)27-20(29)14-32-22(30)16(2)26-23(31)24(4,5)6/h7-11,16H,13-14H2,1-6H3,(H,26,31)(H,27,29). The Morgan fingerprint density at radius 1 is 1.16 bits per heavy atom. The number of hydrogen-bond acceptors (Lipinski definition) is 5. The molecule has 1 aromatic heterocycles. The summed E-state index contributed by atoms with van der Waals surface area (Å²) in [6.45, 7) is 10.3. The minimum Gasteiger partial charge on any atom is -0.454 e. The minimum atomic E-state index is -0.893. The zero-order chi connectivity index (χ0) is 24.1. The molecule has 170 valence electrons. The molecule has 32 heavy (non-hydrogen) atoms. The Kier molecular flexibility index (Phi) is 7.82. The molecule has 0 saturated heterocycles. The number of amides is 2. The number of carbonyl (C=O) groups is 3. The molecule has 0 aliphatic rings. The van der Waals surface area contributed by atoms with Crippen LogP contribution in [0.15, 0.2) is 30.3 Å². The number of anilines is 1. The summed E-state index contributed by atoms with van der Waals surface area (Å²) in [4.78, 5) is 36.7. The maximum absolute atomic E-state index is 12.5. The number of ether oxygens (including phenoxy) is 1. The van der Waals surface area contributed by atoms with Gasteiger partial charge in [0.2, 0.25) is 5.91 Å². The second-order valence-electron chi connectivity index (χ2n) is 8.72. The zero-order valence-electron chi connectivity index (χ0n) is 19.4. The molecule has 1 atom stereocenters. The summed E-state index contributed by atoms with van der Waals surface area (Å²) in [5.74, 6) is -1.22. The molecule has 2 amide bonds. The Hall–Kier alpha value is -3.60. The molecule has 0 bridgehead atoms. The van der Waals surface area contributed by atoms with Gasteiger partial charge in [0, 0.05) is 17.7 Å². The number of esters is 1. The highest BCUT2D eigenvalue weighted by molar-refractivity contribution is 5.94. The van der Waals surface area contributed by atoms with E-state index in [2.05, 4.69) is 16.7 Å². The predicted molar refractivity (Wildman–Crippen MR) is 121 cm³/mol. The van der Waals surface area contributed by atoms with E-state index in [-0.39, 0.29) is 5.91 Å². The van der Waals surface area contributed by atoms with E-state index in [9.17, 15) is 19.6 Å². The average molecular weight is 439 g/mol. The summed E-state index contributed by atoms with van der Waals surface area (Å²) in [5.41, 5.74) is 2.36. The lowest BCUT2D eigenvalue weighted by Crippen LogP contribution is -2.45. The molecule has 1 heterocycles. The molecule has 2 rings (SSSR count). The molecule has 0 spiro atoms. The van der Waals surface area contributed by atoms with Gasteiger partial charge in [-0.3, -0.25) is 9.59 Å². The Labute approximate surface area is 188 Å². The van der Waals surface area contributed by atoms with Crippen LogP contribution in [0.25, 0.3) is 0 Å². The number of rotatable bonds is 7. The van der Waals surface area contributed by atoms with Crippen LogP contribution >= 0.6 is 0 Å². The highest BCUT2D eigenvalue weighted by Crippen LogP contribution is 2.27. The first-order valence-electron chi connectivity index (χ1n) is 10.4. The first-order chi connectivity index (χ1) is 15.0. The Balaban J connectivity index is 2.09. The molecule has 1 aromatic carbocycles. The smallest absolute Gasteiger partial charge is 0.328 e. The number of aromatic nitrogens is 1. The van der Waals surface area contributed by atoms with E-state index in [1.807, 2.05) is 48.7 Å². The maximum atomic E-state index is 12.5. The number of benzene rings is 1. The van der Waals surface area contributed by atoms with E-state index in [4.69, 9.17) is 4.74 Å². The maximum Gasteiger partial charge on any atom is 0.328 e. The summed E-state index contributed by atoms with van der Waals surface area (Å²) >= 11 is 0. The van der Waals surface area contributed by atoms with Crippen molar-refractivity contribution in [3.8, 4) is 6.07 Å². The van der Waals surface area contributed by atoms with E-state index < -0.39 is 29.9 Å². The molecule has 8 heteroatoms. The number of hydrogen-bond donors (Lipinski definition) is 2.